The number of aromatic nitrogens is 1. The number of benzene rings is 3. The number of nitrogens with zero attached hydrogens (tertiary/aromatic N) is 3. The quantitative estimate of drug-likeness (QED) is 0.309. The number of carbonyl (C=O) groups is 1. The monoisotopic (exact) mass is 507 g/mol. The Morgan fingerprint density at radius 3 is 2.26 bits per heavy atom. The molecule has 1 aliphatic rings. The summed E-state index contributed by atoms with van der Waals surface area (Å²) < 4.78 is 28.6. The van der Waals surface area contributed by atoms with Crippen LogP contribution in [0.5, 0.6) is 0 Å². The summed E-state index contributed by atoms with van der Waals surface area (Å²) in [5, 5.41) is 14.2. The molecular weight excluding hydrogens is 486 g/mol. The fourth-order valence-corrected chi connectivity index (χ4v) is 5.89. The summed E-state index contributed by atoms with van der Waals surface area (Å²) in [6.45, 7) is 1.01. The van der Waals surface area contributed by atoms with Crippen molar-refractivity contribution in [1.29, 1.82) is 0 Å². The predicted octanol–water partition coefficient (Wildman–Crippen LogP) is 3.94. The van der Waals surface area contributed by atoms with Gasteiger partial charge in [0.15, 0.2) is 6.20 Å². The van der Waals surface area contributed by atoms with E-state index in [1.165, 1.54) is 10.5 Å². The van der Waals surface area contributed by atoms with Crippen LogP contribution in [0.3, 0.4) is 0 Å². The first-order chi connectivity index (χ1) is 16.8. The van der Waals surface area contributed by atoms with Gasteiger partial charge in [0, 0.05) is 54.5 Å². The van der Waals surface area contributed by atoms with Crippen molar-refractivity contribution in [1.82, 2.24) is 9.21 Å². The average Bonchev–Trinajstić information content (AvgIpc) is 2.88. The third-order valence-electron chi connectivity index (χ3n) is 6.19. The summed E-state index contributed by atoms with van der Waals surface area (Å²) in [4.78, 5) is 14.9. The highest BCUT2D eigenvalue weighted by molar-refractivity contribution is 7.89. The molecule has 1 amide bonds. The second kappa shape index (κ2) is 9.30. The van der Waals surface area contributed by atoms with Gasteiger partial charge in [-0.05, 0) is 65.4 Å². The molecule has 0 aliphatic carbocycles. The Balaban J connectivity index is 1.27. The Kier molecular flexibility index (Phi) is 6.19. The molecule has 0 atom stereocenters. The van der Waals surface area contributed by atoms with E-state index in [9.17, 15) is 18.4 Å². The van der Waals surface area contributed by atoms with Gasteiger partial charge in [-0.2, -0.15) is 9.04 Å². The maximum Gasteiger partial charge on any atom is 0.253 e. The van der Waals surface area contributed by atoms with Crippen LogP contribution in [0.4, 0.5) is 0 Å². The summed E-state index contributed by atoms with van der Waals surface area (Å²) in [5.41, 5.74) is 1.71. The number of amides is 1. The fraction of sp³-hybridized carbons (Fsp3) is 0.154. The number of hydrogen-bond donors (Lipinski definition) is 0. The number of hydrogen-bond acceptors (Lipinski definition) is 4. The molecule has 1 aliphatic heterocycles. The molecule has 0 bridgehead atoms. The number of rotatable bonds is 4. The molecule has 4 aromatic rings. The van der Waals surface area contributed by atoms with Crippen molar-refractivity contribution >= 4 is 38.3 Å². The highest BCUT2D eigenvalue weighted by Crippen LogP contribution is 2.25. The largest absolute Gasteiger partial charge is 0.618 e. The number of carbonyl (C=O) groups excluding carboxylic acids is 1. The van der Waals surface area contributed by atoms with Crippen LogP contribution in [0.1, 0.15) is 10.4 Å². The van der Waals surface area contributed by atoms with Crippen molar-refractivity contribution in [2.75, 3.05) is 26.2 Å². The SMILES string of the molecule is O=C(c1ccc(-c2cccc[n+]2[O-])cc1)N1CCN(S(=O)(=O)c2ccc3cc(Cl)ccc3c2)CC1. The number of fused-ring (bicyclic) bond motifs is 1. The van der Waals surface area contributed by atoms with Gasteiger partial charge in [0.25, 0.3) is 5.91 Å². The van der Waals surface area contributed by atoms with Crippen LogP contribution in [0, 0.1) is 5.21 Å². The van der Waals surface area contributed by atoms with Crippen LogP contribution in [-0.4, -0.2) is 49.7 Å². The predicted molar refractivity (Wildman–Crippen MR) is 134 cm³/mol. The smallest absolute Gasteiger partial charge is 0.253 e. The molecule has 9 heteroatoms. The molecule has 5 rings (SSSR count). The molecule has 178 valence electrons. The Bertz CT molecular complexity index is 1520. The van der Waals surface area contributed by atoms with Crippen LogP contribution in [0.2, 0.25) is 5.02 Å². The number of sulfonamides is 1. The lowest BCUT2D eigenvalue weighted by molar-refractivity contribution is -0.593. The lowest BCUT2D eigenvalue weighted by atomic mass is 10.1. The zero-order valence-electron chi connectivity index (χ0n) is 18.7. The number of halogens is 1. The van der Waals surface area contributed by atoms with Gasteiger partial charge >= 0.3 is 0 Å². The zero-order valence-corrected chi connectivity index (χ0v) is 20.2. The van der Waals surface area contributed by atoms with Gasteiger partial charge in [-0.3, -0.25) is 4.79 Å². The first-order valence-corrected chi connectivity index (χ1v) is 12.9. The highest BCUT2D eigenvalue weighted by atomic mass is 35.5. The van der Waals surface area contributed by atoms with Crippen LogP contribution in [0.25, 0.3) is 22.0 Å². The molecule has 0 spiro atoms. The molecular formula is C26H22ClN3O4S. The van der Waals surface area contributed by atoms with Gasteiger partial charge in [0.05, 0.1) is 4.90 Å². The standard InChI is InChI=1S/C26H22ClN3O4S/c27-23-10-8-22-18-24(11-9-21(22)17-23)35(33,34)29-15-13-28(14-16-29)26(31)20-6-4-19(5-7-20)25-3-1-2-12-30(25)32/h1-12,17-18H,13-16H2. The zero-order chi connectivity index (χ0) is 24.6. The summed E-state index contributed by atoms with van der Waals surface area (Å²) in [6.07, 6.45) is 1.43. The van der Waals surface area contributed by atoms with Crippen molar-refractivity contribution in [2.24, 2.45) is 0 Å². The van der Waals surface area contributed by atoms with Crippen LogP contribution < -0.4 is 4.73 Å². The molecule has 1 saturated heterocycles. The van der Waals surface area contributed by atoms with E-state index in [1.807, 2.05) is 0 Å². The molecule has 3 aromatic carbocycles. The third kappa shape index (κ3) is 4.60. The molecule has 0 radical (unpaired) electrons. The summed E-state index contributed by atoms with van der Waals surface area (Å²) in [7, 11) is -3.69. The molecule has 35 heavy (non-hydrogen) atoms. The van der Waals surface area contributed by atoms with Crippen molar-refractivity contribution in [2.45, 2.75) is 4.90 Å². The van der Waals surface area contributed by atoms with E-state index in [4.69, 9.17) is 11.6 Å². The molecule has 0 saturated carbocycles. The van der Waals surface area contributed by atoms with Gasteiger partial charge in [-0.25, -0.2) is 8.42 Å². The minimum Gasteiger partial charge on any atom is -0.618 e. The molecule has 0 unspecified atom stereocenters. The maximum absolute atomic E-state index is 13.2. The van der Waals surface area contributed by atoms with Crippen LogP contribution >= 0.6 is 11.6 Å². The summed E-state index contributed by atoms with van der Waals surface area (Å²) in [5.74, 6) is -0.167. The Morgan fingerprint density at radius 1 is 0.857 bits per heavy atom. The van der Waals surface area contributed by atoms with Gasteiger partial charge in [0.1, 0.15) is 0 Å². The van der Waals surface area contributed by atoms with E-state index in [1.54, 1.807) is 83.8 Å². The third-order valence-corrected chi connectivity index (χ3v) is 8.32. The Morgan fingerprint density at radius 2 is 1.54 bits per heavy atom. The van der Waals surface area contributed by atoms with E-state index >= 15 is 0 Å². The van der Waals surface area contributed by atoms with Crippen molar-refractivity contribution < 1.29 is 17.9 Å². The van der Waals surface area contributed by atoms with E-state index < -0.39 is 10.0 Å². The van der Waals surface area contributed by atoms with E-state index in [-0.39, 0.29) is 23.9 Å². The van der Waals surface area contributed by atoms with Crippen molar-refractivity contribution in [3.05, 3.63) is 101 Å². The first kappa shape index (κ1) is 23.3. The maximum atomic E-state index is 13.2. The first-order valence-electron chi connectivity index (χ1n) is 11.1. The lowest BCUT2D eigenvalue weighted by Gasteiger charge is -2.34. The van der Waals surface area contributed by atoms with E-state index in [0.717, 1.165) is 15.5 Å². The second-order valence-electron chi connectivity index (χ2n) is 8.34. The van der Waals surface area contributed by atoms with Crippen LogP contribution in [-0.2, 0) is 10.0 Å². The molecule has 0 N–H and O–H groups in total. The average molecular weight is 508 g/mol. The normalized spacial score (nSPS) is 14.8. The fourth-order valence-electron chi connectivity index (χ4n) is 4.25. The summed E-state index contributed by atoms with van der Waals surface area (Å²) >= 11 is 6.02. The number of piperazine rings is 1. The van der Waals surface area contributed by atoms with E-state index in [0.29, 0.717) is 34.9 Å². The van der Waals surface area contributed by atoms with Crippen LogP contribution in [0.15, 0.2) is 90.0 Å². The molecule has 1 aromatic heterocycles. The Hall–Kier alpha value is -3.46. The highest BCUT2D eigenvalue weighted by Gasteiger charge is 2.30. The van der Waals surface area contributed by atoms with Crippen molar-refractivity contribution in [3.63, 3.8) is 0 Å². The topological polar surface area (TPSA) is 84.6 Å². The van der Waals surface area contributed by atoms with Gasteiger partial charge in [-0.15, -0.1) is 0 Å². The van der Waals surface area contributed by atoms with Gasteiger partial charge in [0.2, 0.25) is 15.7 Å². The molecule has 1 fully saturated rings. The lowest BCUT2D eigenvalue weighted by Crippen LogP contribution is -2.50. The van der Waals surface area contributed by atoms with Crippen molar-refractivity contribution in [3.8, 4) is 11.3 Å². The van der Waals surface area contributed by atoms with E-state index in [2.05, 4.69) is 0 Å². The van der Waals surface area contributed by atoms with Gasteiger partial charge < -0.3 is 10.1 Å². The molecule has 2 heterocycles. The minimum absolute atomic E-state index is 0.167. The summed E-state index contributed by atoms with van der Waals surface area (Å²) in [6, 6.07) is 22.3. The number of pyridine rings is 1. The minimum atomic E-state index is -3.69. The second-order valence-corrected chi connectivity index (χ2v) is 10.7. The van der Waals surface area contributed by atoms with Gasteiger partial charge in [-0.1, -0.05) is 23.7 Å². The molecule has 7 nitrogen and oxygen atoms in total. The Labute approximate surface area is 208 Å².